The number of halogens is 1. The average Bonchev–Trinajstić information content (AvgIpc) is 3.17. The lowest BCUT2D eigenvalue weighted by Gasteiger charge is -2.27. The predicted octanol–water partition coefficient (Wildman–Crippen LogP) is 2.48. The first-order valence-electron chi connectivity index (χ1n) is 9.38. The second-order valence-electron chi connectivity index (χ2n) is 8.08. The van der Waals surface area contributed by atoms with E-state index in [0.29, 0.717) is 6.54 Å². The molecule has 1 aromatic heterocycles. The van der Waals surface area contributed by atoms with E-state index in [2.05, 4.69) is 29.5 Å². The van der Waals surface area contributed by atoms with Crippen molar-refractivity contribution in [2.24, 2.45) is 10.8 Å². The van der Waals surface area contributed by atoms with Gasteiger partial charge in [-0.25, -0.2) is 9.97 Å². The van der Waals surface area contributed by atoms with E-state index in [0.717, 1.165) is 56.7 Å². The van der Waals surface area contributed by atoms with Gasteiger partial charge >= 0.3 is 0 Å². The number of piperidine rings is 1. The van der Waals surface area contributed by atoms with E-state index < -0.39 is 0 Å². The fourth-order valence-electron chi connectivity index (χ4n) is 4.87. The van der Waals surface area contributed by atoms with Gasteiger partial charge in [-0.2, -0.15) is 0 Å². The SMILES string of the molecule is Cc1nc(CNC(=O)C2(C)CC23CCNCC3)nc2c1CCCC2.Cl. The van der Waals surface area contributed by atoms with Crippen LogP contribution in [0.2, 0.25) is 0 Å². The van der Waals surface area contributed by atoms with Crippen LogP contribution in [0.4, 0.5) is 0 Å². The molecule has 3 aliphatic rings. The van der Waals surface area contributed by atoms with Crippen LogP contribution in [0, 0.1) is 17.8 Å². The number of nitrogens with zero attached hydrogens (tertiary/aromatic N) is 2. The summed E-state index contributed by atoms with van der Waals surface area (Å²) in [5.74, 6) is 0.952. The molecule has 2 N–H and O–H groups in total. The molecule has 6 heteroatoms. The maximum atomic E-state index is 12.8. The first kappa shape index (κ1) is 18.6. The molecule has 1 saturated carbocycles. The van der Waals surface area contributed by atoms with Crippen LogP contribution in [-0.2, 0) is 24.2 Å². The Bertz CT molecular complexity index is 672. The number of carbonyl (C=O) groups is 1. The molecule has 1 saturated heterocycles. The molecule has 0 radical (unpaired) electrons. The molecule has 1 unspecified atom stereocenters. The summed E-state index contributed by atoms with van der Waals surface area (Å²) < 4.78 is 0. The van der Waals surface area contributed by atoms with E-state index in [9.17, 15) is 4.79 Å². The van der Waals surface area contributed by atoms with Crippen LogP contribution in [0.15, 0.2) is 0 Å². The van der Waals surface area contributed by atoms with E-state index in [1.807, 2.05) is 0 Å². The number of carbonyl (C=O) groups excluding carboxylic acids is 1. The zero-order valence-corrected chi connectivity index (χ0v) is 16.1. The Morgan fingerprint density at radius 2 is 1.92 bits per heavy atom. The van der Waals surface area contributed by atoms with Crippen LogP contribution < -0.4 is 10.6 Å². The minimum Gasteiger partial charge on any atom is -0.348 e. The highest BCUT2D eigenvalue weighted by Crippen LogP contribution is 2.68. The Balaban J connectivity index is 0.00000182. The Hall–Kier alpha value is -1.20. The minimum absolute atomic E-state index is 0. The number of hydrogen-bond acceptors (Lipinski definition) is 4. The van der Waals surface area contributed by atoms with Gasteiger partial charge in [0.25, 0.3) is 0 Å². The van der Waals surface area contributed by atoms with Crippen molar-refractivity contribution in [1.29, 1.82) is 0 Å². The quantitative estimate of drug-likeness (QED) is 0.864. The molecule has 1 spiro atoms. The van der Waals surface area contributed by atoms with Gasteiger partial charge in [-0.15, -0.1) is 12.4 Å². The van der Waals surface area contributed by atoms with Crippen molar-refractivity contribution in [1.82, 2.24) is 20.6 Å². The molecule has 0 bridgehead atoms. The number of rotatable bonds is 3. The van der Waals surface area contributed by atoms with E-state index in [-0.39, 0.29) is 29.1 Å². The van der Waals surface area contributed by atoms with Crippen molar-refractivity contribution in [3.05, 3.63) is 22.8 Å². The molecular formula is C19H29ClN4O. The topological polar surface area (TPSA) is 66.9 Å². The van der Waals surface area contributed by atoms with Crippen LogP contribution in [0.1, 0.15) is 61.8 Å². The molecular weight excluding hydrogens is 336 g/mol. The second kappa shape index (κ2) is 6.84. The van der Waals surface area contributed by atoms with Gasteiger partial charge in [-0.05, 0) is 75.9 Å². The van der Waals surface area contributed by atoms with E-state index in [1.165, 1.54) is 24.1 Å². The molecule has 1 amide bonds. The van der Waals surface area contributed by atoms with Crippen molar-refractivity contribution >= 4 is 18.3 Å². The van der Waals surface area contributed by atoms with Crippen LogP contribution >= 0.6 is 12.4 Å². The van der Waals surface area contributed by atoms with E-state index >= 15 is 0 Å². The Labute approximate surface area is 156 Å². The molecule has 1 atom stereocenters. The van der Waals surface area contributed by atoms with Crippen molar-refractivity contribution in [2.75, 3.05) is 13.1 Å². The molecule has 0 aromatic carbocycles. The number of nitrogens with one attached hydrogen (secondary N) is 2. The fraction of sp³-hybridized carbons (Fsp3) is 0.737. The van der Waals surface area contributed by atoms with E-state index in [1.54, 1.807) is 0 Å². The monoisotopic (exact) mass is 364 g/mol. The average molecular weight is 365 g/mol. The highest BCUT2D eigenvalue weighted by Gasteiger charge is 2.67. The van der Waals surface area contributed by atoms with Gasteiger partial charge in [0.2, 0.25) is 5.91 Å². The lowest BCUT2D eigenvalue weighted by Crippen LogP contribution is -2.38. The van der Waals surface area contributed by atoms with Crippen molar-refractivity contribution in [2.45, 2.75) is 65.3 Å². The molecule has 138 valence electrons. The smallest absolute Gasteiger partial charge is 0.226 e. The largest absolute Gasteiger partial charge is 0.348 e. The molecule has 25 heavy (non-hydrogen) atoms. The van der Waals surface area contributed by atoms with Crippen LogP contribution in [0.5, 0.6) is 0 Å². The summed E-state index contributed by atoms with van der Waals surface area (Å²) in [6.07, 6.45) is 7.86. The Morgan fingerprint density at radius 3 is 2.68 bits per heavy atom. The third-order valence-electron chi connectivity index (χ3n) is 6.64. The fourth-order valence-corrected chi connectivity index (χ4v) is 4.87. The standard InChI is InChI=1S/C19H28N4O.ClH/c1-13-14-5-3-4-6-15(14)23-16(22-13)11-21-17(24)18(2)12-19(18)7-9-20-10-8-19;/h20H,3-12H2,1-2H3,(H,21,24);1H. The predicted molar refractivity (Wildman–Crippen MR) is 99.8 cm³/mol. The van der Waals surface area contributed by atoms with Gasteiger partial charge in [0.05, 0.1) is 12.0 Å². The summed E-state index contributed by atoms with van der Waals surface area (Å²) in [5, 5.41) is 6.52. The van der Waals surface area contributed by atoms with E-state index in [4.69, 9.17) is 4.98 Å². The molecule has 5 nitrogen and oxygen atoms in total. The van der Waals surface area contributed by atoms with Crippen molar-refractivity contribution in [3.63, 3.8) is 0 Å². The minimum atomic E-state index is -0.196. The summed E-state index contributed by atoms with van der Waals surface area (Å²) in [5.41, 5.74) is 3.66. The molecule has 4 rings (SSSR count). The summed E-state index contributed by atoms with van der Waals surface area (Å²) in [6, 6.07) is 0. The third-order valence-corrected chi connectivity index (χ3v) is 6.64. The lowest BCUT2D eigenvalue weighted by molar-refractivity contribution is -0.127. The Kier molecular flexibility index (Phi) is 5.09. The first-order chi connectivity index (χ1) is 11.5. The van der Waals surface area contributed by atoms with Gasteiger partial charge < -0.3 is 10.6 Å². The Morgan fingerprint density at radius 1 is 1.20 bits per heavy atom. The number of fused-ring (bicyclic) bond motifs is 1. The molecule has 2 heterocycles. The first-order valence-corrected chi connectivity index (χ1v) is 9.38. The number of aromatic nitrogens is 2. The third kappa shape index (κ3) is 3.17. The summed E-state index contributed by atoms with van der Waals surface area (Å²) in [4.78, 5) is 22.1. The van der Waals surface area contributed by atoms with Crippen LogP contribution in [0.3, 0.4) is 0 Å². The number of hydrogen-bond donors (Lipinski definition) is 2. The second-order valence-corrected chi connectivity index (χ2v) is 8.08. The molecule has 1 aliphatic heterocycles. The summed E-state index contributed by atoms with van der Waals surface area (Å²) in [7, 11) is 0. The van der Waals surface area contributed by atoms with Gasteiger partial charge in [-0.3, -0.25) is 4.79 Å². The maximum Gasteiger partial charge on any atom is 0.226 e. The number of aryl methyl sites for hydroxylation is 2. The summed E-state index contributed by atoms with van der Waals surface area (Å²) >= 11 is 0. The zero-order chi connectivity index (χ0) is 16.8. The highest BCUT2D eigenvalue weighted by atomic mass is 35.5. The zero-order valence-electron chi connectivity index (χ0n) is 15.3. The normalized spacial score (nSPS) is 26.5. The lowest BCUT2D eigenvalue weighted by atomic mass is 9.85. The van der Waals surface area contributed by atoms with Gasteiger partial charge in [0.15, 0.2) is 0 Å². The molecule has 1 aromatic rings. The van der Waals surface area contributed by atoms with Gasteiger partial charge in [-0.1, -0.05) is 6.92 Å². The van der Waals surface area contributed by atoms with Gasteiger partial charge in [0, 0.05) is 11.4 Å². The van der Waals surface area contributed by atoms with Crippen molar-refractivity contribution < 1.29 is 4.79 Å². The van der Waals surface area contributed by atoms with Crippen molar-refractivity contribution in [3.8, 4) is 0 Å². The van der Waals surface area contributed by atoms with Gasteiger partial charge in [0.1, 0.15) is 5.82 Å². The summed E-state index contributed by atoms with van der Waals surface area (Å²) in [6.45, 7) is 6.73. The van der Waals surface area contributed by atoms with Crippen LogP contribution in [-0.4, -0.2) is 29.0 Å². The van der Waals surface area contributed by atoms with Crippen LogP contribution in [0.25, 0.3) is 0 Å². The number of amides is 1. The molecule has 2 fully saturated rings. The highest BCUT2D eigenvalue weighted by molar-refractivity contribution is 5.86. The maximum absolute atomic E-state index is 12.8. The molecule has 2 aliphatic carbocycles.